The van der Waals surface area contributed by atoms with Crippen LogP contribution in [0.15, 0.2) is 30.3 Å². The molecule has 0 amide bonds. The molecule has 1 unspecified atom stereocenters. The summed E-state index contributed by atoms with van der Waals surface area (Å²) in [7, 11) is 1.34. The Kier molecular flexibility index (Phi) is 2.82. The van der Waals surface area contributed by atoms with Crippen molar-refractivity contribution in [2.75, 3.05) is 7.11 Å². The number of hydrogen-bond acceptors (Lipinski definition) is 2. The normalized spacial score (nSPS) is 12.4. The Morgan fingerprint density at radius 2 is 1.92 bits per heavy atom. The Morgan fingerprint density at radius 1 is 1.33 bits per heavy atom. The predicted molar refractivity (Wildman–Crippen MR) is 41.9 cm³/mol. The summed E-state index contributed by atoms with van der Waals surface area (Å²) in [6.07, 6.45) is -0.966. The van der Waals surface area contributed by atoms with Crippen LogP contribution >= 0.6 is 0 Å². The molecule has 0 aliphatic carbocycles. The van der Waals surface area contributed by atoms with Gasteiger partial charge in [-0.3, -0.25) is 0 Å². The van der Waals surface area contributed by atoms with Crippen LogP contribution in [0.25, 0.3) is 0 Å². The molecule has 63 valence electrons. The quantitative estimate of drug-likeness (QED) is 0.678. The van der Waals surface area contributed by atoms with Crippen LogP contribution in [0.5, 0.6) is 0 Å². The molecule has 1 radical (unpaired) electrons. The van der Waals surface area contributed by atoms with Gasteiger partial charge in [-0.1, -0.05) is 30.3 Å². The minimum atomic E-state index is -1.22. The van der Waals surface area contributed by atoms with E-state index < -0.39 is 12.1 Å². The summed E-state index contributed by atoms with van der Waals surface area (Å²) in [6.45, 7) is 0. The zero-order chi connectivity index (χ0) is 8.97. The van der Waals surface area contributed by atoms with Gasteiger partial charge in [-0.05, 0) is 5.56 Å². The summed E-state index contributed by atoms with van der Waals surface area (Å²) in [5.74, 6) is -1.22. The topological polar surface area (TPSA) is 46.2 Å². The number of carbonyl (C=O) groups excluding carboxylic acids is 1. The fraction of sp³-hybridized carbons (Fsp3) is 0.222. The van der Waals surface area contributed by atoms with Gasteiger partial charge in [0.1, 0.15) is 0 Å². The molecule has 1 atom stereocenters. The third kappa shape index (κ3) is 1.83. The van der Waals surface area contributed by atoms with Crippen molar-refractivity contribution >= 4 is 5.97 Å². The molecular formula is C9H9O3. The van der Waals surface area contributed by atoms with Gasteiger partial charge in [0, 0.05) is 7.11 Å². The first-order valence-electron chi connectivity index (χ1n) is 3.54. The van der Waals surface area contributed by atoms with E-state index in [-0.39, 0.29) is 0 Å². The van der Waals surface area contributed by atoms with E-state index in [9.17, 15) is 9.90 Å². The monoisotopic (exact) mass is 165 g/mol. The van der Waals surface area contributed by atoms with Crippen molar-refractivity contribution in [2.45, 2.75) is 6.10 Å². The van der Waals surface area contributed by atoms with Crippen LogP contribution in [0.1, 0.15) is 11.7 Å². The fourth-order valence-corrected chi connectivity index (χ4v) is 0.996. The van der Waals surface area contributed by atoms with E-state index in [1.165, 1.54) is 7.11 Å². The van der Waals surface area contributed by atoms with Gasteiger partial charge in [0.05, 0.1) is 0 Å². The van der Waals surface area contributed by atoms with E-state index in [1.54, 1.807) is 24.3 Å². The molecule has 3 heteroatoms. The maximum Gasteiger partial charge on any atom is 0.388 e. The van der Waals surface area contributed by atoms with Crippen molar-refractivity contribution in [1.82, 2.24) is 0 Å². The molecule has 0 heterocycles. The third-order valence-corrected chi connectivity index (χ3v) is 1.55. The molecule has 1 rings (SSSR count). The van der Waals surface area contributed by atoms with E-state index in [0.717, 1.165) is 0 Å². The van der Waals surface area contributed by atoms with Crippen LogP contribution in [-0.4, -0.2) is 13.1 Å². The van der Waals surface area contributed by atoms with Crippen LogP contribution in [0, 0.1) is 0 Å². The molecular weight excluding hydrogens is 156 g/mol. The number of hydrogen-bond donors (Lipinski definition) is 0. The first-order chi connectivity index (χ1) is 5.75. The lowest BCUT2D eigenvalue weighted by Gasteiger charge is -2.07. The highest BCUT2D eigenvalue weighted by Crippen LogP contribution is 2.15. The van der Waals surface area contributed by atoms with Crippen molar-refractivity contribution in [2.24, 2.45) is 0 Å². The fourth-order valence-electron chi connectivity index (χ4n) is 0.996. The Morgan fingerprint density at radius 3 is 2.33 bits per heavy atom. The van der Waals surface area contributed by atoms with E-state index in [0.29, 0.717) is 5.56 Å². The van der Waals surface area contributed by atoms with Gasteiger partial charge in [0.2, 0.25) is 0 Å². The number of benzene rings is 1. The third-order valence-electron chi connectivity index (χ3n) is 1.55. The second-order valence-corrected chi connectivity index (χ2v) is 2.35. The summed E-state index contributed by atoms with van der Waals surface area (Å²) >= 11 is 0. The van der Waals surface area contributed by atoms with Crippen molar-refractivity contribution < 1.29 is 14.6 Å². The minimum Gasteiger partial charge on any atom is -0.365 e. The molecule has 0 aliphatic heterocycles. The Balaban J connectivity index is 2.88. The maximum absolute atomic E-state index is 10.5. The largest absolute Gasteiger partial charge is 0.388 e. The lowest BCUT2D eigenvalue weighted by Crippen LogP contribution is -2.11. The van der Waals surface area contributed by atoms with E-state index >= 15 is 0 Å². The van der Waals surface area contributed by atoms with Crippen molar-refractivity contribution in [1.29, 1.82) is 0 Å². The standard InChI is InChI=1S/C9H9O3/c1-12-8(9(10)11)7-5-3-2-4-6-7/h2-6,8H,1H3. The summed E-state index contributed by atoms with van der Waals surface area (Å²) in [6, 6.07) is 8.69. The number of ether oxygens (including phenoxy) is 1. The van der Waals surface area contributed by atoms with Gasteiger partial charge in [0.25, 0.3) is 0 Å². The van der Waals surface area contributed by atoms with E-state index in [1.807, 2.05) is 6.07 Å². The summed E-state index contributed by atoms with van der Waals surface area (Å²) in [5, 5.41) is 10.5. The van der Waals surface area contributed by atoms with Crippen molar-refractivity contribution in [3.8, 4) is 0 Å². The zero-order valence-corrected chi connectivity index (χ0v) is 6.69. The molecule has 0 spiro atoms. The second kappa shape index (κ2) is 3.88. The number of rotatable bonds is 3. The molecule has 1 aromatic carbocycles. The minimum absolute atomic E-state index is 0.597. The Hall–Kier alpha value is -1.35. The van der Waals surface area contributed by atoms with E-state index in [4.69, 9.17) is 4.74 Å². The molecule has 0 aliphatic rings. The Labute approximate surface area is 70.6 Å². The van der Waals surface area contributed by atoms with Crippen molar-refractivity contribution in [3.63, 3.8) is 0 Å². The average Bonchev–Trinajstić information content (AvgIpc) is 2.07. The maximum atomic E-state index is 10.5. The highest BCUT2D eigenvalue weighted by molar-refractivity contribution is 5.73. The summed E-state index contributed by atoms with van der Waals surface area (Å²) in [5.41, 5.74) is 0.597. The van der Waals surface area contributed by atoms with Crippen molar-refractivity contribution in [3.05, 3.63) is 35.9 Å². The molecule has 1 aromatic rings. The van der Waals surface area contributed by atoms with Gasteiger partial charge in [-0.2, -0.15) is 0 Å². The lowest BCUT2D eigenvalue weighted by atomic mass is 10.1. The predicted octanol–water partition coefficient (Wildman–Crippen LogP) is 1.33. The van der Waals surface area contributed by atoms with E-state index in [2.05, 4.69) is 0 Å². The first-order valence-corrected chi connectivity index (χ1v) is 3.54. The molecule has 0 bridgehead atoms. The molecule has 0 fully saturated rings. The summed E-state index contributed by atoms with van der Waals surface area (Å²) in [4.78, 5) is 10.5. The average molecular weight is 165 g/mol. The molecule has 0 saturated heterocycles. The lowest BCUT2D eigenvalue weighted by molar-refractivity contribution is -0.155. The zero-order valence-electron chi connectivity index (χ0n) is 6.69. The van der Waals surface area contributed by atoms with Gasteiger partial charge in [0.15, 0.2) is 6.10 Å². The number of methoxy groups -OCH3 is 1. The smallest absolute Gasteiger partial charge is 0.365 e. The van der Waals surface area contributed by atoms with Crippen LogP contribution in [0.4, 0.5) is 0 Å². The molecule has 12 heavy (non-hydrogen) atoms. The highest BCUT2D eigenvalue weighted by atomic mass is 16.5. The van der Waals surface area contributed by atoms with Crippen LogP contribution in [0.3, 0.4) is 0 Å². The molecule has 0 saturated carbocycles. The second-order valence-electron chi connectivity index (χ2n) is 2.35. The van der Waals surface area contributed by atoms with Gasteiger partial charge in [-0.15, -0.1) is 0 Å². The first kappa shape index (κ1) is 8.74. The summed E-state index contributed by atoms with van der Waals surface area (Å²) < 4.78 is 4.74. The van der Waals surface area contributed by atoms with Gasteiger partial charge < -0.3 is 4.74 Å². The van der Waals surface area contributed by atoms with Gasteiger partial charge in [-0.25, -0.2) is 9.90 Å². The molecule has 3 nitrogen and oxygen atoms in total. The SMILES string of the molecule is COC(C([O])=O)c1ccccc1. The van der Waals surface area contributed by atoms with Crippen LogP contribution in [-0.2, 0) is 14.6 Å². The highest BCUT2D eigenvalue weighted by Gasteiger charge is 2.19. The van der Waals surface area contributed by atoms with Crippen LogP contribution < -0.4 is 0 Å². The molecule has 0 aromatic heterocycles. The van der Waals surface area contributed by atoms with Crippen LogP contribution in [0.2, 0.25) is 0 Å². The van der Waals surface area contributed by atoms with Gasteiger partial charge >= 0.3 is 5.97 Å². The number of carbonyl (C=O) groups is 1. The Bertz CT molecular complexity index is 256. The molecule has 0 N–H and O–H groups in total.